The van der Waals surface area contributed by atoms with E-state index in [0.717, 1.165) is 18.8 Å². The number of nitrogens with one attached hydrogen (secondary N) is 1. The van der Waals surface area contributed by atoms with E-state index in [1.165, 1.54) is 0 Å². The molecule has 2 heterocycles. The summed E-state index contributed by atoms with van der Waals surface area (Å²) in [7, 11) is 1.85. The number of aromatic nitrogens is 3. The number of nitrogens with zero attached hydrogens (tertiary/aromatic N) is 3. The summed E-state index contributed by atoms with van der Waals surface area (Å²) in [6.07, 6.45) is 6.61. The molecule has 5 heteroatoms. The van der Waals surface area contributed by atoms with Crippen molar-refractivity contribution < 1.29 is 4.79 Å². The van der Waals surface area contributed by atoms with Gasteiger partial charge >= 0.3 is 0 Å². The van der Waals surface area contributed by atoms with E-state index in [0.29, 0.717) is 12.2 Å². The maximum atomic E-state index is 11.9. The third-order valence-corrected chi connectivity index (χ3v) is 2.85. The highest BCUT2D eigenvalue weighted by molar-refractivity contribution is 5.92. The van der Waals surface area contributed by atoms with Gasteiger partial charge in [0.1, 0.15) is 11.5 Å². The molecule has 5 nitrogen and oxygen atoms in total. The number of amides is 1. The van der Waals surface area contributed by atoms with E-state index >= 15 is 0 Å². The third-order valence-electron chi connectivity index (χ3n) is 2.85. The maximum absolute atomic E-state index is 11.9. The highest BCUT2D eigenvalue weighted by Gasteiger charge is 2.09. The van der Waals surface area contributed by atoms with Crippen LogP contribution in [0.1, 0.15) is 29.7 Å². The Morgan fingerprint density at radius 2 is 2.28 bits per heavy atom. The summed E-state index contributed by atoms with van der Waals surface area (Å²) >= 11 is 0. The molecule has 1 N–H and O–H groups in total. The average molecular weight is 246 g/mol. The average Bonchev–Trinajstić information content (AvgIpc) is 2.96. The van der Waals surface area contributed by atoms with E-state index in [9.17, 15) is 4.79 Å². The fourth-order valence-electron chi connectivity index (χ4n) is 1.90. The van der Waals surface area contributed by atoms with E-state index in [-0.39, 0.29) is 5.91 Å². The molecule has 0 aliphatic rings. The number of carbonyl (C=O) groups excluding carboxylic acids is 1. The monoisotopic (exact) mass is 246 g/mol. The Kier molecular flexibility index (Phi) is 3.82. The topological polar surface area (TPSA) is 51.9 Å². The minimum absolute atomic E-state index is 0.0754. The molecule has 0 spiro atoms. The molecular formula is C13H18N4O. The van der Waals surface area contributed by atoms with Crippen LogP contribution in [0.4, 0.5) is 0 Å². The van der Waals surface area contributed by atoms with Gasteiger partial charge in [0.15, 0.2) is 0 Å². The normalized spacial score (nSPS) is 10.6. The van der Waals surface area contributed by atoms with Crippen LogP contribution in [0.3, 0.4) is 0 Å². The van der Waals surface area contributed by atoms with Crippen LogP contribution in [0.5, 0.6) is 0 Å². The molecule has 0 bridgehead atoms. The summed E-state index contributed by atoms with van der Waals surface area (Å²) in [6.45, 7) is 3.50. The predicted octanol–water partition coefficient (Wildman–Crippen LogP) is 1.56. The lowest BCUT2D eigenvalue weighted by atomic mass is 10.4. The molecule has 0 saturated heterocycles. The van der Waals surface area contributed by atoms with Crippen LogP contribution >= 0.6 is 0 Å². The fourth-order valence-corrected chi connectivity index (χ4v) is 1.90. The lowest BCUT2D eigenvalue weighted by molar-refractivity contribution is 0.0941. The zero-order valence-corrected chi connectivity index (χ0v) is 10.8. The van der Waals surface area contributed by atoms with Gasteiger partial charge in [0.2, 0.25) is 0 Å². The van der Waals surface area contributed by atoms with Crippen molar-refractivity contribution in [1.29, 1.82) is 0 Å². The molecule has 0 unspecified atom stereocenters. The Morgan fingerprint density at radius 3 is 2.94 bits per heavy atom. The number of carbonyl (C=O) groups is 1. The first kappa shape index (κ1) is 12.4. The molecule has 0 saturated carbocycles. The standard InChI is InChI=1S/C13H18N4O/c1-3-7-17-9-6-14-12(17)10-15-13(18)11-5-4-8-16(11)2/h4-6,8-9H,3,7,10H2,1-2H3,(H,15,18). The second-order valence-electron chi connectivity index (χ2n) is 4.22. The van der Waals surface area contributed by atoms with Crippen molar-refractivity contribution in [2.75, 3.05) is 0 Å². The molecule has 0 fully saturated rings. The summed E-state index contributed by atoms with van der Waals surface area (Å²) in [5.74, 6) is 0.813. The van der Waals surface area contributed by atoms with Gasteiger partial charge in [-0.15, -0.1) is 0 Å². The summed E-state index contributed by atoms with van der Waals surface area (Å²) in [6, 6.07) is 3.65. The largest absolute Gasteiger partial charge is 0.347 e. The zero-order valence-electron chi connectivity index (χ0n) is 10.8. The Bertz CT molecular complexity index is 527. The van der Waals surface area contributed by atoms with Crippen molar-refractivity contribution in [3.63, 3.8) is 0 Å². The highest BCUT2D eigenvalue weighted by Crippen LogP contribution is 2.02. The maximum Gasteiger partial charge on any atom is 0.268 e. The van der Waals surface area contributed by atoms with Crippen LogP contribution in [0.2, 0.25) is 0 Å². The van der Waals surface area contributed by atoms with E-state index in [1.54, 1.807) is 16.8 Å². The molecular weight excluding hydrogens is 228 g/mol. The molecule has 0 aromatic carbocycles. The van der Waals surface area contributed by atoms with Crippen LogP contribution in [0.15, 0.2) is 30.7 Å². The molecule has 2 aromatic rings. The van der Waals surface area contributed by atoms with Crippen LogP contribution in [0.25, 0.3) is 0 Å². The first-order chi connectivity index (χ1) is 8.72. The SMILES string of the molecule is CCCn1ccnc1CNC(=O)c1cccn1C. The third kappa shape index (κ3) is 2.61. The molecule has 2 rings (SSSR count). The van der Waals surface area contributed by atoms with Crippen LogP contribution in [-0.4, -0.2) is 20.0 Å². The van der Waals surface area contributed by atoms with Gasteiger partial charge in [0.25, 0.3) is 5.91 Å². The molecule has 0 aliphatic carbocycles. The first-order valence-electron chi connectivity index (χ1n) is 6.12. The first-order valence-corrected chi connectivity index (χ1v) is 6.12. The molecule has 1 amide bonds. The van der Waals surface area contributed by atoms with Crippen molar-refractivity contribution in [1.82, 2.24) is 19.4 Å². The molecule has 96 valence electrons. The van der Waals surface area contributed by atoms with Gasteiger partial charge in [-0.1, -0.05) is 6.92 Å². The van der Waals surface area contributed by atoms with Gasteiger partial charge in [-0.05, 0) is 18.6 Å². The molecule has 18 heavy (non-hydrogen) atoms. The van der Waals surface area contributed by atoms with Gasteiger partial charge in [0.05, 0.1) is 6.54 Å². The van der Waals surface area contributed by atoms with Crippen molar-refractivity contribution in [2.24, 2.45) is 7.05 Å². The van der Waals surface area contributed by atoms with Crippen LogP contribution in [-0.2, 0) is 20.1 Å². The molecule has 0 atom stereocenters. The second kappa shape index (κ2) is 5.53. The number of hydrogen-bond acceptors (Lipinski definition) is 2. The minimum Gasteiger partial charge on any atom is -0.347 e. The number of aryl methyl sites for hydroxylation is 2. The Hall–Kier alpha value is -2.04. The molecule has 0 radical (unpaired) electrons. The fraction of sp³-hybridized carbons (Fsp3) is 0.385. The second-order valence-corrected chi connectivity index (χ2v) is 4.22. The van der Waals surface area contributed by atoms with Gasteiger partial charge in [0, 0.05) is 32.2 Å². The Labute approximate surface area is 106 Å². The summed E-state index contributed by atoms with van der Waals surface area (Å²) in [4.78, 5) is 16.2. The summed E-state index contributed by atoms with van der Waals surface area (Å²) in [5.41, 5.74) is 0.656. The predicted molar refractivity (Wildman–Crippen MR) is 69.1 cm³/mol. The van der Waals surface area contributed by atoms with Crippen LogP contribution < -0.4 is 5.32 Å². The molecule has 2 aromatic heterocycles. The minimum atomic E-state index is -0.0754. The number of rotatable bonds is 5. The van der Waals surface area contributed by atoms with Crippen molar-refractivity contribution in [2.45, 2.75) is 26.4 Å². The van der Waals surface area contributed by atoms with Crippen molar-refractivity contribution in [3.05, 3.63) is 42.2 Å². The number of hydrogen-bond donors (Lipinski definition) is 1. The van der Waals surface area contributed by atoms with E-state index in [1.807, 2.05) is 25.5 Å². The van der Waals surface area contributed by atoms with Crippen molar-refractivity contribution >= 4 is 5.91 Å². The lowest BCUT2D eigenvalue weighted by Crippen LogP contribution is -2.26. The summed E-state index contributed by atoms with van der Waals surface area (Å²) < 4.78 is 3.86. The quantitative estimate of drug-likeness (QED) is 0.870. The van der Waals surface area contributed by atoms with Crippen LogP contribution in [0, 0.1) is 0 Å². The van der Waals surface area contributed by atoms with E-state index in [2.05, 4.69) is 21.8 Å². The Balaban J connectivity index is 1.97. The van der Waals surface area contributed by atoms with Gasteiger partial charge in [-0.2, -0.15) is 0 Å². The van der Waals surface area contributed by atoms with Crippen molar-refractivity contribution in [3.8, 4) is 0 Å². The molecule has 0 aliphatic heterocycles. The van der Waals surface area contributed by atoms with E-state index in [4.69, 9.17) is 0 Å². The van der Waals surface area contributed by atoms with E-state index < -0.39 is 0 Å². The van der Waals surface area contributed by atoms with Gasteiger partial charge in [-0.25, -0.2) is 4.98 Å². The highest BCUT2D eigenvalue weighted by atomic mass is 16.1. The number of imidazole rings is 1. The lowest BCUT2D eigenvalue weighted by Gasteiger charge is -2.08. The van der Waals surface area contributed by atoms with Gasteiger partial charge < -0.3 is 14.5 Å². The summed E-state index contributed by atoms with van der Waals surface area (Å²) in [5, 5.41) is 2.88. The smallest absolute Gasteiger partial charge is 0.268 e. The zero-order chi connectivity index (χ0) is 13.0. The van der Waals surface area contributed by atoms with Gasteiger partial charge in [-0.3, -0.25) is 4.79 Å². The Morgan fingerprint density at radius 1 is 1.44 bits per heavy atom.